The number of ether oxygens (including phenoxy) is 1. The molecule has 0 radical (unpaired) electrons. The van der Waals surface area contributed by atoms with E-state index in [0.717, 1.165) is 29.1 Å². The van der Waals surface area contributed by atoms with Crippen LogP contribution in [0.3, 0.4) is 0 Å². The van der Waals surface area contributed by atoms with Crippen LogP contribution in [0.4, 0.5) is 5.69 Å². The molecule has 0 aliphatic heterocycles. The topological polar surface area (TPSA) is 21.3 Å². The first kappa shape index (κ1) is 19.1. The summed E-state index contributed by atoms with van der Waals surface area (Å²) in [4.78, 5) is 0. The molecule has 17 heavy (non-hydrogen) atoms. The van der Waals surface area contributed by atoms with Crippen molar-refractivity contribution in [3.8, 4) is 5.75 Å². The molecule has 1 rings (SSSR count). The second-order valence-electron chi connectivity index (χ2n) is 4.64. The summed E-state index contributed by atoms with van der Waals surface area (Å²) in [5.41, 5.74) is 1.11. The Kier molecular flexibility index (Phi) is 9.94. The van der Waals surface area contributed by atoms with Crippen LogP contribution in [0.1, 0.15) is 0 Å². The molecule has 1 aromatic rings. The van der Waals surface area contributed by atoms with Gasteiger partial charge in [0.15, 0.2) is 0 Å². The molecular formula is C12H22ClIN2O. The predicted octanol–water partition coefficient (Wildman–Crippen LogP) is -0.761. The molecule has 0 spiro atoms. The zero-order chi connectivity index (χ0) is 11.3. The molecule has 0 fully saturated rings. The van der Waals surface area contributed by atoms with Crippen molar-refractivity contribution in [1.82, 2.24) is 0 Å². The van der Waals surface area contributed by atoms with Crippen LogP contribution in [0.25, 0.3) is 0 Å². The molecule has 0 unspecified atom stereocenters. The van der Waals surface area contributed by atoms with Gasteiger partial charge in [-0.05, 0) is 24.3 Å². The van der Waals surface area contributed by atoms with Gasteiger partial charge in [-0.1, -0.05) is 0 Å². The van der Waals surface area contributed by atoms with Crippen molar-refractivity contribution in [2.24, 2.45) is 0 Å². The number of rotatable bonds is 5. The van der Waals surface area contributed by atoms with Crippen LogP contribution in [0, 0.1) is 0 Å². The van der Waals surface area contributed by atoms with Crippen LogP contribution in [-0.2, 0) is 0 Å². The van der Waals surface area contributed by atoms with Gasteiger partial charge in [-0.15, -0.1) is 12.4 Å². The highest BCUT2D eigenvalue weighted by Crippen LogP contribution is 2.14. The molecule has 0 heterocycles. The van der Waals surface area contributed by atoms with Crippen molar-refractivity contribution >= 4 is 18.1 Å². The van der Waals surface area contributed by atoms with Gasteiger partial charge in [0.1, 0.15) is 18.9 Å². The quantitative estimate of drug-likeness (QED) is 0.542. The van der Waals surface area contributed by atoms with Crippen molar-refractivity contribution in [3.05, 3.63) is 24.3 Å². The van der Waals surface area contributed by atoms with E-state index in [1.807, 2.05) is 31.3 Å². The maximum absolute atomic E-state index is 5.64. The molecule has 1 N–H and O–H groups in total. The fourth-order valence-corrected chi connectivity index (χ4v) is 1.16. The number of likely N-dealkylation sites (N-methyl/N-ethyl adjacent to an activating group) is 1. The fraction of sp³-hybridized carbons (Fsp3) is 0.500. The van der Waals surface area contributed by atoms with Gasteiger partial charge >= 0.3 is 0 Å². The summed E-state index contributed by atoms with van der Waals surface area (Å²) in [5, 5.41) is 3.08. The molecule has 0 atom stereocenters. The van der Waals surface area contributed by atoms with Crippen molar-refractivity contribution < 1.29 is 33.2 Å². The summed E-state index contributed by atoms with van der Waals surface area (Å²) in [6, 6.07) is 8.01. The van der Waals surface area contributed by atoms with E-state index < -0.39 is 0 Å². The van der Waals surface area contributed by atoms with E-state index in [2.05, 4.69) is 26.5 Å². The Balaban J connectivity index is 0. The van der Waals surface area contributed by atoms with Crippen LogP contribution in [0.15, 0.2) is 24.3 Å². The molecule has 0 bridgehead atoms. The van der Waals surface area contributed by atoms with Gasteiger partial charge < -0.3 is 38.5 Å². The second kappa shape index (κ2) is 8.83. The lowest BCUT2D eigenvalue weighted by Gasteiger charge is -2.23. The minimum Gasteiger partial charge on any atom is -1.00 e. The van der Waals surface area contributed by atoms with Crippen LogP contribution in [0.5, 0.6) is 5.75 Å². The summed E-state index contributed by atoms with van der Waals surface area (Å²) < 4.78 is 6.56. The molecule has 0 amide bonds. The Labute approximate surface area is 128 Å². The van der Waals surface area contributed by atoms with Crippen LogP contribution < -0.4 is 34.0 Å². The average Bonchev–Trinajstić information content (AvgIpc) is 2.17. The van der Waals surface area contributed by atoms with Crippen molar-refractivity contribution in [1.29, 1.82) is 0 Å². The summed E-state index contributed by atoms with van der Waals surface area (Å²) in [6.07, 6.45) is 0. The number of quaternary nitrogens is 1. The van der Waals surface area contributed by atoms with Gasteiger partial charge in [0.05, 0.1) is 21.1 Å². The van der Waals surface area contributed by atoms with Gasteiger partial charge in [0.2, 0.25) is 0 Å². The normalized spacial score (nSPS) is 9.88. The Morgan fingerprint density at radius 1 is 1.12 bits per heavy atom. The van der Waals surface area contributed by atoms with E-state index in [4.69, 9.17) is 4.74 Å². The van der Waals surface area contributed by atoms with Crippen LogP contribution in [-0.4, -0.2) is 45.8 Å². The zero-order valence-corrected chi connectivity index (χ0v) is 13.8. The molecule has 0 aliphatic rings. The van der Waals surface area contributed by atoms with E-state index in [1.54, 1.807) is 0 Å². The lowest BCUT2D eigenvalue weighted by molar-refractivity contribution is -0.870. The Morgan fingerprint density at radius 3 is 2.06 bits per heavy atom. The first-order valence-electron chi connectivity index (χ1n) is 5.22. The second-order valence-corrected chi connectivity index (χ2v) is 4.64. The number of nitrogens with one attached hydrogen (secondary N) is 1. The largest absolute Gasteiger partial charge is 1.00 e. The summed E-state index contributed by atoms with van der Waals surface area (Å²) in [6.45, 7) is 1.76. The first-order chi connectivity index (χ1) is 7.01. The van der Waals surface area contributed by atoms with E-state index in [0.29, 0.717) is 0 Å². The Hall–Kier alpha value is -0.200. The SMILES string of the molecule is CNc1ccc(OCC[N+](C)(C)C)cc1.Cl.[I-]. The summed E-state index contributed by atoms with van der Waals surface area (Å²) in [7, 11) is 8.39. The highest BCUT2D eigenvalue weighted by molar-refractivity contribution is 5.85. The van der Waals surface area contributed by atoms with Gasteiger partial charge in [0.25, 0.3) is 0 Å². The Bertz CT molecular complexity index is 298. The van der Waals surface area contributed by atoms with E-state index in [-0.39, 0.29) is 36.4 Å². The lowest BCUT2D eigenvalue weighted by atomic mass is 10.3. The molecule has 3 nitrogen and oxygen atoms in total. The fourth-order valence-electron chi connectivity index (χ4n) is 1.16. The standard InChI is InChI=1S/C12H21N2O.ClH.HI/c1-13-11-5-7-12(8-6-11)15-10-9-14(2,3)4;;/h5-8,13H,9-10H2,1-4H3;2*1H/q+1;;/p-1. The predicted molar refractivity (Wildman–Crippen MR) is 71.6 cm³/mol. The zero-order valence-electron chi connectivity index (χ0n) is 10.9. The smallest absolute Gasteiger partial charge is 0.137 e. The van der Waals surface area contributed by atoms with Crippen LogP contribution in [0.2, 0.25) is 0 Å². The van der Waals surface area contributed by atoms with Gasteiger partial charge in [-0.3, -0.25) is 0 Å². The number of nitrogens with zero attached hydrogens (tertiary/aromatic N) is 1. The molecule has 5 heteroatoms. The number of hydrogen-bond acceptors (Lipinski definition) is 2. The number of hydrogen-bond donors (Lipinski definition) is 1. The molecule has 100 valence electrons. The number of benzene rings is 1. The molecule has 1 aromatic carbocycles. The van der Waals surface area contributed by atoms with Crippen molar-refractivity contribution in [2.75, 3.05) is 46.7 Å². The van der Waals surface area contributed by atoms with Crippen molar-refractivity contribution in [2.45, 2.75) is 0 Å². The van der Waals surface area contributed by atoms with Gasteiger partial charge in [0, 0.05) is 12.7 Å². The molecule has 0 saturated carbocycles. The maximum Gasteiger partial charge on any atom is 0.137 e. The van der Waals surface area contributed by atoms with Crippen molar-refractivity contribution in [3.63, 3.8) is 0 Å². The molecule has 0 aliphatic carbocycles. The molecule has 0 aromatic heterocycles. The highest BCUT2D eigenvalue weighted by atomic mass is 127. The van der Waals surface area contributed by atoms with E-state index >= 15 is 0 Å². The van der Waals surface area contributed by atoms with Gasteiger partial charge in [-0.25, -0.2) is 0 Å². The number of anilines is 1. The third kappa shape index (κ3) is 8.51. The third-order valence-corrected chi connectivity index (χ3v) is 2.17. The highest BCUT2D eigenvalue weighted by Gasteiger charge is 2.06. The summed E-state index contributed by atoms with van der Waals surface area (Å²) in [5.74, 6) is 0.933. The van der Waals surface area contributed by atoms with E-state index in [9.17, 15) is 0 Å². The van der Waals surface area contributed by atoms with Gasteiger partial charge in [-0.2, -0.15) is 0 Å². The lowest BCUT2D eigenvalue weighted by Crippen LogP contribution is -3.00. The molecule has 0 saturated heterocycles. The molecular weight excluding hydrogens is 351 g/mol. The van der Waals surface area contributed by atoms with E-state index in [1.165, 1.54) is 0 Å². The minimum absolute atomic E-state index is 0. The maximum atomic E-state index is 5.64. The average molecular weight is 373 g/mol. The monoisotopic (exact) mass is 372 g/mol. The first-order valence-corrected chi connectivity index (χ1v) is 5.22. The third-order valence-electron chi connectivity index (χ3n) is 2.17. The van der Waals surface area contributed by atoms with Crippen LogP contribution >= 0.6 is 12.4 Å². The Morgan fingerprint density at radius 2 is 1.65 bits per heavy atom. The number of halogens is 2. The minimum atomic E-state index is 0. The summed E-state index contributed by atoms with van der Waals surface area (Å²) >= 11 is 0.